The Kier molecular flexibility index (Phi) is 5.90. The molecule has 29 heavy (non-hydrogen) atoms. The number of imidazole rings is 1. The van der Waals surface area contributed by atoms with Crippen molar-refractivity contribution < 1.29 is 9.53 Å². The molecular weight excluding hydrogens is 388 g/mol. The Morgan fingerprint density at radius 2 is 1.97 bits per heavy atom. The maximum absolute atomic E-state index is 12.0. The number of fused-ring (bicyclic) bond motifs is 1. The maximum atomic E-state index is 12.0. The number of halogens is 1. The van der Waals surface area contributed by atoms with Gasteiger partial charge in [-0.3, -0.25) is 4.40 Å². The van der Waals surface area contributed by atoms with E-state index in [4.69, 9.17) is 16.3 Å². The summed E-state index contributed by atoms with van der Waals surface area (Å²) >= 11 is 6.54. The maximum Gasteiger partial charge on any atom is 0.317 e. The molecule has 7 heteroatoms. The zero-order valence-corrected chi connectivity index (χ0v) is 17.2. The van der Waals surface area contributed by atoms with Crippen molar-refractivity contribution in [2.24, 2.45) is 0 Å². The van der Waals surface area contributed by atoms with E-state index in [2.05, 4.69) is 17.2 Å². The molecule has 0 unspecified atom stereocenters. The molecule has 1 fully saturated rings. The van der Waals surface area contributed by atoms with Gasteiger partial charge >= 0.3 is 6.03 Å². The van der Waals surface area contributed by atoms with Crippen LogP contribution in [0.3, 0.4) is 0 Å². The molecular formula is C22H25ClN4O2. The molecule has 1 saturated heterocycles. The zero-order valence-electron chi connectivity index (χ0n) is 16.5. The summed E-state index contributed by atoms with van der Waals surface area (Å²) in [5.74, 6) is 0.836. The Balaban J connectivity index is 1.36. The largest absolute Gasteiger partial charge is 0.490 e. The number of pyridine rings is 1. The second kappa shape index (κ2) is 8.74. The van der Waals surface area contributed by atoms with Crippen molar-refractivity contribution in [2.45, 2.75) is 32.3 Å². The zero-order chi connectivity index (χ0) is 20.2. The number of likely N-dealkylation sites (tertiary alicyclic amines) is 1. The number of benzene rings is 1. The predicted molar refractivity (Wildman–Crippen MR) is 115 cm³/mol. The molecule has 3 aromatic rings. The van der Waals surface area contributed by atoms with Crippen molar-refractivity contribution in [3.8, 4) is 16.9 Å². The normalized spacial score (nSPS) is 14.9. The van der Waals surface area contributed by atoms with Crippen LogP contribution in [0.4, 0.5) is 4.79 Å². The third-order valence-corrected chi connectivity index (χ3v) is 5.61. The van der Waals surface area contributed by atoms with Crippen molar-refractivity contribution in [2.75, 3.05) is 19.6 Å². The van der Waals surface area contributed by atoms with Gasteiger partial charge in [0.1, 0.15) is 22.7 Å². The summed E-state index contributed by atoms with van der Waals surface area (Å²) in [5.41, 5.74) is 2.81. The van der Waals surface area contributed by atoms with Crippen LogP contribution in [0.15, 0.2) is 48.8 Å². The number of amides is 2. The van der Waals surface area contributed by atoms with Crippen LogP contribution in [0, 0.1) is 0 Å². The van der Waals surface area contributed by atoms with Gasteiger partial charge in [-0.2, -0.15) is 0 Å². The van der Waals surface area contributed by atoms with Gasteiger partial charge in [0, 0.05) is 50.4 Å². The van der Waals surface area contributed by atoms with E-state index >= 15 is 0 Å². The Bertz CT molecular complexity index is 978. The summed E-state index contributed by atoms with van der Waals surface area (Å²) in [7, 11) is 0. The molecule has 1 N–H and O–H groups in total. The van der Waals surface area contributed by atoms with Crippen LogP contribution in [0.5, 0.6) is 5.75 Å². The number of ether oxygens (including phenoxy) is 1. The highest BCUT2D eigenvalue weighted by Gasteiger charge is 2.23. The van der Waals surface area contributed by atoms with Crippen molar-refractivity contribution >= 4 is 23.3 Å². The second-order valence-electron chi connectivity index (χ2n) is 7.25. The third-order valence-electron chi connectivity index (χ3n) is 5.23. The number of hydrogen-bond acceptors (Lipinski definition) is 3. The van der Waals surface area contributed by atoms with Crippen LogP contribution in [0.2, 0.25) is 5.15 Å². The molecule has 0 aliphatic carbocycles. The van der Waals surface area contributed by atoms with Crippen LogP contribution in [0.25, 0.3) is 16.8 Å². The van der Waals surface area contributed by atoms with Gasteiger partial charge in [-0.1, -0.05) is 30.7 Å². The van der Waals surface area contributed by atoms with Gasteiger partial charge in [0.05, 0.1) is 0 Å². The molecule has 0 atom stereocenters. The first-order valence-electron chi connectivity index (χ1n) is 10.1. The smallest absolute Gasteiger partial charge is 0.317 e. The summed E-state index contributed by atoms with van der Waals surface area (Å²) in [4.78, 5) is 18.2. The van der Waals surface area contributed by atoms with E-state index in [0.717, 1.165) is 61.4 Å². The average molecular weight is 413 g/mol. The van der Waals surface area contributed by atoms with Gasteiger partial charge in [0.2, 0.25) is 0 Å². The molecule has 0 spiro atoms. The Labute approximate surface area is 175 Å². The number of nitrogens with one attached hydrogen (secondary N) is 1. The van der Waals surface area contributed by atoms with Gasteiger partial charge < -0.3 is 15.0 Å². The summed E-state index contributed by atoms with van der Waals surface area (Å²) in [6.45, 7) is 4.21. The van der Waals surface area contributed by atoms with E-state index in [-0.39, 0.29) is 12.1 Å². The lowest BCUT2D eigenvalue weighted by Crippen LogP contribution is -2.46. The molecule has 0 radical (unpaired) electrons. The molecule has 152 valence electrons. The van der Waals surface area contributed by atoms with Crippen LogP contribution in [-0.2, 0) is 0 Å². The highest BCUT2D eigenvalue weighted by atomic mass is 35.5. The van der Waals surface area contributed by atoms with E-state index in [1.807, 2.05) is 51.9 Å². The van der Waals surface area contributed by atoms with Crippen molar-refractivity contribution in [3.05, 3.63) is 53.9 Å². The molecule has 6 nitrogen and oxygen atoms in total. The summed E-state index contributed by atoms with van der Waals surface area (Å²) in [5, 5.41) is 3.57. The molecule has 2 amide bonds. The Morgan fingerprint density at radius 1 is 1.21 bits per heavy atom. The lowest BCUT2D eigenvalue weighted by atomic mass is 10.1. The monoisotopic (exact) mass is 412 g/mol. The lowest BCUT2D eigenvalue weighted by molar-refractivity contribution is 0.111. The van der Waals surface area contributed by atoms with E-state index in [9.17, 15) is 4.79 Å². The highest BCUT2D eigenvalue weighted by molar-refractivity contribution is 6.32. The molecule has 3 heterocycles. The molecule has 1 aliphatic rings. The van der Waals surface area contributed by atoms with Crippen LogP contribution in [0.1, 0.15) is 26.2 Å². The average Bonchev–Trinajstić information content (AvgIpc) is 3.23. The number of carbonyl (C=O) groups excluding carboxylic acids is 1. The molecule has 1 aromatic carbocycles. The number of nitrogens with zero attached hydrogens (tertiary/aromatic N) is 3. The molecule has 0 bridgehead atoms. The first-order valence-corrected chi connectivity index (χ1v) is 10.4. The quantitative estimate of drug-likeness (QED) is 0.622. The van der Waals surface area contributed by atoms with E-state index in [1.165, 1.54) is 0 Å². The van der Waals surface area contributed by atoms with Gasteiger partial charge in [0.15, 0.2) is 0 Å². The summed E-state index contributed by atoms with van der Waals surface area (Å²) in [6, 6.07) is 12.0. The molecule has 0 saturated carbocycles. The Morgan fingerprint density at radius 3 is 2.69 bits per heavy atom. The van der Waals surface area contributed by atoms with Crippen LogP contribution < -0.4 is 10.1 Å². The second-order valence-corrected chi connectivity index (χ2v) is 7.61. The van der Waals surface area contributed by atoms with Crippen molar-refractivity contribution in [3.63, 3.8) is 0 Å². The number of aromatic nitrogens is 2. The minimum absolute atomic E-state index is 0.0291. The van der Waals surface area contributed by atoms with Gasteiger partial charge in [0.25, 0.3) is 0 Å². The van der Waals surface area contributed by atoms with Gasteiger partial charge in [-0.15, -0.1) is 0 Å². The topological polar surface area (TPSA) is 58.9 Å². The van der Waals surface area contributed by atoms with Gasteiger partial charge in [-0.25, -0.2) is 9.78 Å². The fourth-order valence-electron chi connectivity index (χ4n) is 3.60. The van der Waals surface area contributed by atoms with Crippen molar-refractivity contribution in [1.82, 2.24) is 19.6 Å². The molecule has 2 aromatic heterocycles. The van der Waals surface area contributed by atoms with Gasteiger partial charge in [-0.05, 0) is 36.2 Å². The number of carbonyl (C=O) groups is 1. The predicted octanol–water partition coefficient (Wildman–Crippen LogP) is 4.62. The first-order chi connectivity index (χ1) is 14.2. The minimum Gasteiger partial charge on any atom is -0.490 e. The summed E-state index contributed by atoms with van der Waals surface area (Å²) < 4.78 is 8.00. The minimum atomic E-state index is 0.0291. The standard InChI is InChI=1S/C22H25ClN4O2/c1-2-11-25-22(28)26-13-9-18(10-14-26)29-17-5-3-16(4-6-17)19-7-8-20-24-12-15-27(20)21(19)23/h3-8,12,15,18H,2,9-11,13-14H2,1H3,(H,25,28). The first kappa shape index (κ1) is 19.6. The lowest BCUT2D eigenvalue weighted by Gasteiger charge is -2.32. The fraction of sp³-hybridized carbons (Fsp3) is 0.364. The number of urea groups is 1. The summed E-state index contributed by atoms with van der Waals surface area (Å²) in [6.07, 6.45) is 6.34. The van der Waals surface area contributed by atoms with Crippen LogP contribution in [-0.4, -0.2) is 46.1 Å². The molecule has 1 aliphatic heterocycles. The molecule has 4 rings (SSSR count). The van der Waals surface area contributed by atoms with Crippen molar-refractivity contribution in [1.29, 1.82) is 0 Å². The highest BCUT2D eigenvalue weighted by Crippen LogP contribution is 2.30. The van der Waals surface area contributed by atoms with E-state index in [0.29, 0.717) is 5.15 Å². The van der Waals surface area contributed by atoms with E-state index in [1.54, 1.807) is 6.20 Å². The number of rotatable bonds is 5. The fourth-order valence-corrected chi connectivity index (χ4v) is 3.92. The SMILES string of the molecule is CCCNC(=O)N1CCC(Oc2ccc(-c3ccc4nccn4c3Cl)cc2)CC1. The number of piperidine rings is 1. The van der Waals surface area contributed by atoms with Crippen LogP contribution >= 0.6 is 11.6 Å². The number of hydrogen-bond donors (Lipinski definition) is 1. The third kappa shape index (κ3) is 4.32. The van der Waals surface area contributed by atoms with E-state index < -0.39 is 0 Å². The Hall–Kier alpha value is -2.73.